The van der Waals surface area contributed by atoms with Gasteiger partial charge in [-0.3, -0.25) is 19.4 Å². The Morgan fingerprint density at radius 1 is 0.848 bits per heavy atom. The van der Waals surface area contributed by atoms with Crippen molar-refractivity contribution in [3.63, 3.8) is 0 Å². The van der Waals surface area contributed by atoms with Gasteiger partial charge in [0, 0.05) is 9.79 Å². The third-order valence-corrected chi connectivity index (χ3v) is 7.71. The Morgan fingerprint density at radius 3 is 2.12 bits per heavy atom. The maximum atomic E-state index is 13.5. The molecule has 4 nitrogen and oxygen atoms in total. The van der Waals surface area contributed by atoms with Crippen molar-refractivity contribution < 1.29 is 9.59 Å². The van der Waals surface area contributed by atoms with Crippen molar-refractivity contribution in [3.05, 3.63) is 101 Å². The van der Waals surface area contributed by atoms with Crippen molar-refractivity contribution in [3.8, 4) is 0 Å². The molecule has 162 valence electrons. The summed E-state index contributed by atoms with van der Waals surface area (Å²) in [6, 6.07) is 25.4. The minimum absolute atomic E-state index is 0.113. The maximum absolute atomic E-state index is 13.5. The number of hydrogen-bond donors (Lipinski definition) is 0. The predicted molar refractivity (Wildman–Crippen MR) is 140 cm³/mol. The summed E-state index contributed by atoms with van der Waals surface area (Å²) in [6.07, 6.45) is 5.51. The first-order valence-corrected chi connectivity index (χ1v) is 12.3. The molecule has 1 fully saturated rings. The summed E-state index contributed by atoms with van der Waals surface area (Å²) in [5, 5.41) is 0. The Morgan fingerprint density at radius 2 is 1.45 bits per heavy atom. The Bertz CT molecular complexity index is 1270. The van der Waals surface area contributed by atoms with E-state index < -0.39 is 0 Å². The fourth-order valence-electron chi connectivity index (χ4n) is 3.64. The van der Waals surface area contributed by atoms with Crippen LogP contribution in [0.3, 0.4) is 0 Å². The zero-order chi connectivity index (χ0) is 22.8. The molecule has 0 aromatic heterocycles. The summed E-state index contributed by atoms with van der Waals surface area (Å²) < 4.78 is 0.390. The van der Waals surface area contributed by atoms with Gasteiger partial charge in [0.2, 0.25) is 0 Å². The number of anilines is 2. The number of benzene rings is 3. The van der Waals surface area contributed by atoms with Crippen molar-refractivity contribution in [2.75, 3.05) is 11.4 Å². The third-order valence-electron chi connectivity index (χ3n) is 5.18. The average molecular weight is 487 g/mol. The molecule has 0 radical (unpaired) electrons. The van der Waals surface area contributed by atoms with Gasteiger partial charge in [-0.2, -0.15) is 0 Å². The fraction of sp³-hybridized carbons (Fsp3) is 0.0385. The number of rotatable bonds is 4. The number of carbonyl (C=O) groups is 2. The van der Waals surface area contributed by atoms with E-state index in [1.807, 2.05) is 91.0 Å². The molecule has 0 unspecified atom stereocenters. The van der Waals surface area contributed by atoms with E-state index in [1.54, 1.807) is 22.7 Å². The minimum Gasteiger partial charge on any atom is -0.283 e. The Kier molecular flexibility index (Phi) is 6.17. The second kappa shape index (κ2) is 9.39. The van der Waals surface area contributed by atoms with E-state index in [4.69, 9.17) is 12.2 Å². The fourth-order valence-corrected chi connectivity index (χ4v) is 5.91. The highest BCUT2D eigenvalue weighted by molar-refractivity contribution is 8.26. The van der Waals surface area contributed by atoms with Gasteiger partial charge in [-0.05, 0) is 35.9 Å². The molecular formula is C26H18N2O2S3. The van der Waals surface area contributed by atoms with Crippen molar-refractivity contribution in [1.82, 2.24) is 4.90 Å². The van der Waals surface area contributed by atoms with Crippen LogP contribution in [-0.4, -0.2) is 27.6 Å². The van der Waals surface area contributed by atoms with Gasteiger partial charge in [0.1, 0.15) is 10.9 Å². The molecule has 0 bridgehead atoms. The number of allylic oxidation sites excluding steroid dienone is 2. The molecular weight excluding hydrogens is 468 g/mol. The molecule has 5 rings (SSSR count). The standard InChI is InChI=1S/C26H18N2O2S3/c29-24(28-19-12-4-6-14-21(19)32-22-15-7-5-13-20(22)28)17-27-25(30)23(33-26(27)31)16-8-11-18-9-2-1-3-10-18/h1-16H,17H2/b11-8+,23-16-. The highest BCUT2D eigenvalue weighted by atomic mass is 32.2. The molecule has 0 N–H and O–H groups in total. The lowest BCUT2D eigenvalue weighted by Crippen LogP contribution is -2.41. The van der Waals surface area contributed by atoms with Crippen molar-refractivity contribution in [2.45, 2.75) is 9.79 Å². The summed E-state index contributed by atoms with van der Waals surface area (Å²) in [5.41, 5.74) is 2.68. The van der Waals surface area contributed by atoms with Gasteiger partial charge in [-0.1, -0.05) is 102 Å². The summed E-state index contributed by atoms with van der Waals surface area (Å²) in [5.74, 6) is -0.448. The van der Waals surface area contributed by atoms with Gasteiger partial charge in [0.25, 0.3) is 11.8 Å². The van der Waals surface area contributed by atoms with Gasteiger partial charge in [-0.25, -0.2) is 0 Å². The van der Waals surface area contributed by atoms with Gasteiger partial charge in [0.15, 0.2) is 0 Å². The molecule has 2 amide bonds. The number of hydrogen-bond acceptors (Lipinski definition) is 5. The lowest BCUT2D eigenvalue weighted by molar-refractivity contribution is -0.127. The first-order valence-electron chi connectivity index (χ1n) is 10.3. The second-order valence-electron chi connectivity index (χ2n) is 7.33. The van der Waals surface area contributed by atoms with Crippen LogP contribution in [-0.2, 0) is 9.59 Å². The monoisotopic (exact) mass is 486 g/mol. The van der Waals surface area contributed by atoms with Crippen LogP contribution in [0.2, 0.25) is 0 Å². The average Bonchev–Trinajstić information content (AvgIpc) is 3.10. The Balaban J connectivity index is 1.37. The number of thioether (sulfide) groups is 1. The van der Waals surface area contributed by atoms with Crippen LogP contribution in [0.5, 0.6) is 0 Å². The van der Waals surface area contributed by atoms with E-state index in [0.717, 1.165) is 26.7 Å². The van der Waals surface area contributed by atoms with Crippen LogP contribution in [0.1, 0.15) is 5.56 Å². The number of para-hydroxylation sites is 2. The molecule has 2 heterocycles. The third kappa shape index (κ3) is 4.39. The minimum atomic E-state index is -0.246. The SMILES string of the molecule is O=C1/C(=C/C=C/c2ccccc2)SC(=S)N1CC(=O)N1c2ccccc2Sc2ccccc21. The summed E-state index contributed by atoms with van der Waals surface area (Å²) in [4.78, 5) is 32.1. The highest BCUT2D eigenvalue weighted by Crippen LogP contribution is 2.48. The zero-order valence-corrected chi connectivity index (χ0v) is 19.8. The zero-order valence-electron chi connectivity index (χ0n) is 17.4. The smallest absolute Gasteiger partial charge is 0.266 e. The van der Waals surface area contributed by atoms with Crippen LogP contribution >= 0.6 is 35.7 Å². The van der Waals surface area contributed by atoms with Crippen molar-refractivity contribution >= 4 is 69.3 Å². The molecule has 2 aliphatic rings. The summed E-state index contributed by atoms with van der Waals surface area (Å²) >= 11 is 8.30. The van der Waals surface area contributed by atoms with Crippen molar-refractivity contribution in [1.29, 1.82) is 0 Å². The van der Waals surface area contributed by atoms with E-state index >= 15 is 0 Å². The van der Waals surface area contributed by atoms with E-state index in [-0.39, 0.29) is 18.4 Å². The number of carbonyl (C=O) groups excluding carboxylic acids is 2. The van der Waals surface area contributed by atoms with Crippen LogP contribution in [0.4, 0.5) is 11.4 Å². The van der Waals surface area contributed by atoms with E-state index in [0.29, 0.717) is 9.23 Å². The predicted octanol–water partition coefficient (Wildman–Crippen LogP) is 6.27. The van der Waals surface area contributed by atoms with Crippen LogP contribution < -0.4 is 4.90 Å². The normalized spacial score (nSPS) is 16.4. The van der Waals surface area contributed by atoms with Gasteiger partial charge < -0.3 is 0 Å². The lowest BCUT2D eigenvalue weighted by Gasteiger charge is -2.32. The molecule has 1 saturated heterocycles. The molecule has 33 heavy (non-hydrogen) atoms. The quantitative estimate of drug-likeness (QED) is 0.321. The van der Waals surface area contributed by atoms with E-state index in [9.17, 15) is 9.59 Å². The number of thiocarbonyl (C=S) groups is 1. The summed E-state index contributed by atoms with van der Waals surface area (Å²) in [6.45, 7) is -0.113. The van der Waals surface area contributed by atoms with Crippen molar-refractivity contribution in [2.24, 2.45) is 0 Å². The number of fused-ring (bicyclic) bond motifs is 2. The van der Waals surface area contributed by atoms with E-state index in [1.165, 1.54) is 16.7 Å². The maximum Gasteiger partial charge on any atom is 0.266 e. The van der Waals surface area contributed by atoms with Gasteiger partial charge >= 0.3 is 0 Å². The first kappa shape index (κ1) is 21.7. The molecule has 0 atom stereocenters. The second-order valence-corrected chi connectivity index (χ2v) is 10.1. The largest absolute Gasteiger partial charge is 0.283 e. The molecule has 3 aromatic rings. The highest BCUT2D eigenvalue weighted by Gasteiger charge is 2.36. The van der Waals surface area contributed by atoms with E-state index in [2.05, 4.69) is 0 Å². The molecule has 0 aliphatic carbocycles. The topological polar surface area (TPSA) is 40.6 Å². The van der Waals surface area contributed by atoms with Crippen LogP contribution in [0, 0.1) is 0 Å². The number of amides is 2. The van der Waals surface area contributed by atoms with Crippen LogP contribution in [0.25, 0.3) is 6.08 Å². The first-order chi connectivity index (χ1) is 16.1. The molecule has 0 spiro atoms. The number of nitrogens with zero attached hydrogens (tertiary/aromatic N) is 2. The molecule has 2 aliphatic heterocycles. The Labute approximate surface area is 206 Å². The van der Waals surface area contributed by atoms with Gasteiger partial charge in [0.05, 0.1) is 16.3 Å². The summed E-state index contributed by atoms with van der Waals surface area (Å²) in [7, 11) is 0. The molecule has 3 aromatic carbocycles. The van der Waals surface area contributed by atoms with Crippen LogP contribution in [0.15, 0.2) is 106 Å². The molecule has 7 heteroatoms. The molecule has 0 saturated carbocycles. The lowest BCUT2D eigenvalue weighted by atomic mass is 10.2. The van der Waals surface area contributed by atoms with Gasteiger partial charge in [-0.15, -0.1) is 0 Å². The Hall–Kier alpha value is -3.13.